The number of ether oxygens (including phenoxy) is 2. The lowest BCUT2D eigenvalue weighted by molar-refractivity contribution is -0.325. The van der Waals surface area contributed by atoms with E-state index in [0.717, 1.165) is 19.4 Å². The molecule has 2 aliphatic rings. The van der Waals surface area contributed by atoms with Crippen molar-refractivity contribution in [2.75, 3.05) is 6.61 Å². The molecule has 1 saturated heterocycles. The molecule has 0 amide bonds. The number of halogens is 1. The van der Waals surface area contributed by atoms with E-state index in [9.17, 15) is 0 Å². The molecule has 0 radical (unpaired) electrons. The van der Waals surface area contributed by atoms with Crippen molar-refractivity contribution in [1.29, 1.82) is 0 Å². The van der Waals surface area contributed by atoms with Gasteiger partial charge in [0.15, 0.2) is 5.79 Å². The highest BCUT2D eigenvalue weighted by Gasteiger charge is 2.44. The fraction of sp³-hybridized carbons (Fsp3) is 0.857. The van der Waals surface area contributed by atoms with Crippen LogP contribution in [0.4, 0.5) is 0 Å². The summed E-state index contributed by atoms with van der Waals surface area (Å²) in [6.45, 7) is 9.34. The number of hydrogen-bond acceptors (Lipinski definition) is 2. The van der Waals surface area contributed by atoms with Crippen LogP contribution in [0, 0.1) is 11.8 Å². The zero-order valence-corrected chi connectivity index (χ0v) is 13.0. The normalized spacial score (nSPS) is 34.5. The molecule has 0 N–H and O–H groups in total. The molecule has 1 aliphatic heterocycles. The maximum absolute atomic E-state index is 6.36. The predicted molar refractivity (Wildman–Crippen MR) is 78.1 cm³/mol. The SMILES string of the molecule is C=C(I)[C@@H](C)[C@@H]1OC2(CCCCC2)OC[C@H]1C. The van der Waals surface area contributed by atoms with Crippen molar-refractivity contribution in [1.82, 2.24) is 0 Å². The Morgan fingerprint density at radius 2 is 2.00 bits per heavy atom. The van der Waals surface area contributed by atoms with Crippen molar-refractivity contribution >= 4 is 22.6 Å². The van der Waals surface area contributed by atoms with E-state index >= 15 is 0 Å². The molecule has 1 saturated carbocycles. The molecule has 1 heterocycles. The Labute approximate surface area is 118 Å². The van der Waals surface area contributed by atoms with Gasteiger partial charge < -0.3 is 9.47 Å². The average Bonchev–Trinajstić information content (AvgIpc) is 2.33. The van der Waals surface area contributed by atoms with E-state index in [1.165, 1.54) is 22.8 Å². The lowest BCUT2D eigenvalue weighted by atomic mass is 9.88. The lowest BCUT2D eigenvalue weighted by Crippen LogP contribution is -2.51. The fourth-order valence-electron chi connectivity index (χ4n) is 2.90. The van der Waals surface area contributed by atoms with Gasteiger partial charge in [0, 0.05) is 24.7 Å². The Bertz CT molecular complexity index is 284. The average molecular weight is 350 g/mol. The van der Waals surface area contributed by atoms with Crippen LogP contribution in [-0.2, 0) is 9.47 Å². The first kappa shape index (κ1) is 13.8. The Hall–Kier alpha value is 0.390. The van der Waals surface area contributed by atoms with E-state index in [4.69, 9.17) is 9.47 Å². The third kappa shape index (κ3) is 3.04. The van der Waals surface area contributed by atoms with E-state index in [1.807, 2.05) is 0 Å². The molecule has 1 spiro atoms. The molecule has 98 valence electrons. The van der Waals surface area contributed by atoms with Gasteiger partial charge in [-0.25, -0.2) is 0 Å². The molecule has 0 unspecified atom stereocenters. The van der Waals surface area contributed by atoms with Gasteiger partial charge in [-0.15, -0.1) is 0 Å². The van der Waals surface area contributed by atoms with Crippen molar-refractivity contribution in [2.45, 2.75) is 57.8 Å². The minimum Gasteiger partial charge on any atom is -0.350 e. The Balaban J connectivity index is 2.07. The van der Waals surface area contributed by atoms with Crippen LogP contribution in [0.5, 0.6) is 0 Å². The summed E-state index contributed by atoms with van der Waals surface area (Å²) in [6, 6.07) is 0. The van der Waals surface area contributed by atoms with E-state index in [-0.39, 0.29) is 11.9 Å². The summed E-state index contributed by atoms with van der Waals surface area (Å²) < 4.78 is 13.6. The van der Waals surface area contributed by atoms with E-state index in [1.54, 1.807) is 0 Å². The maximum atomic E-state index is 6.36. The molecular formula is C14H23IO2. The second-order valence-electron chi connectivity index (χ2n) is 5.58. The van der Waals surface area contributed by atoms with Crippen LogP contribution in [0.15, 0.2) is 10.2 Å². The zero-order chi connectivity index (χ0) is 12.5. The first-order chi connectivity index (χ1) is 8.04. The van der Waals surface area contributed by atoms with Crippen LogP contribution in [0.1, 0.15) is 46.0 Å². The van der Waals surface area contributed by atoms with Gasteiger partial charge in [-0.2, -0.15) is 0 Å². The van der Waals surface area contributed by atoms with Gasteiger partial charge >= 0.3 is 0 Å². The topological polar surface area (TPSA) is 18.5 Å². The van der Waals surface area contributed by atoms with Gasteiger partial charge in [-0.05, 0) is 39.0 Å². The second kappa shape index (κ2) is 5.57. The standard InChI is InChI=1S/C14H23IO2/c1-10-9-16-14(7-5-4-6-8-14)17-13(10)11(2)12(3)15/h10-11,13H,3-9H2,1-2H3/t10-,11-,13-/m1/s1. The predicted octanol–water partition coefficient (Wildman–Crippen LogP) is 4.28. The molecule has 2 fully saturated rings. The fourth-order valence-corrected chi connectivity index (χ4v) is 3.26. The molecule has 0 bridgehead atoms. The van der Waals surface area contributed by atoms with Crippen LogP contribution < -0.4 is 0 Å². The maximum Gasteiger partial charge on any atom is 0.168 e. The largest absolute Gasteiger partial charge is 0.350 e. The molecular weight excluding hydrogens is 327 g/mol. The third-order valence-corrected chi connectivity index (χ3v) is 5.11. The Kier molecular flexibility index (Phi) is 4.53. The monoisotopic (exact) mass is 350 g/mol. The zero-order valence-electron chi connectivity index (χ0n) is 10.9. The minimum absolute atomic E-state index is 0.268. The molecule has 0 aromatic carbocycles. The molecule has 1 aliphatic carbocycles. The highest BCUT2D eigenvalue weighted by atomic mass is 127. The first-order valence-corrected chi connectivity index (χ1v) is 7.78. The van der Waals surface area contributed by atoms with Crippen molar-refractivity contribution in [3.8, 4) is 0 Å². The Morgan fingerprint density at radius 3 is 2.59 bits per heavy atom. The summed E-state index contributed by atoms with van der Waals surface area (Å²) in [5.41, 5.74) is 0. The van der Waals surface area contributed by atoms with Gasteiger partial charge in [-0.3, -0.25) is 0 Å². The molecule has 2 rings (SSSR count). The lowest BCUT2D eigenvalue weighted by Gasteiger charge is -2.47. The smallest absolute Gasteiger partial charge is 0.168 e. The van der Waals surface area contributed by atoms with Crippen molar-refractivity contribution < 1.29 is 9.47 Å². The quantitative estimate of drug-likeness (QED) is 0.692. The van der Waals surface area contributed by atoms with Crippen LogP contribution in [0.25, 0.3) is 0 Å². The number of rotatable bonds is 2. The van der Waals surface area contributed by atoms with Gasteiger partial charge in [0.05, 0.1) is 12.7 Å². The molecule has 3 heteroatoms. The summed E-state index contributed by atoms with van der Waals surface area (Å²) in [7, 11) is 0. The molecule has 0 aromatic heterocycles. The van der Waals surface area contributed by atoms with E-state index in [2.05, 4.69) is 43.0 Å². The first-order valence-electron chi connectivity index (χ1n) is 6.70. The molecule has 2 nitrogen and oxygen atoms in total. The summed E-state index contributed by atoms with van der Waals surface area (Å²) in [4.78, 5) is 0. The van der Waals surface area contributed by atoms with Gasteiger partial charge in [-0.1, -0.05) is 26.8 Å². The summed E-state index contributed by atoms with van der Waals surface area (Å²) >= 11 is 2.32. The highest BCUT2D eigenvalue weighted by molar-refractivity contribution is 14.1. The van der Waals surface area contributed by atoms with Crippen LogP contribution in [-0.4, -0.2) is 18.5 Å². The second-order valence-corrected chi connectivity index (χ2v) is 6.96. The summed E-state index contributed by atoms with van der Waals surface area (Å²) in [6.07, 6.45) is 6.20. The van der Waals surface area contributed by atoms with E-state index < -0.39 is 0 Å². The molecule has 17 heavy (non-hydrogen) atoms. The third-order valence-electron chi connectivity index (χ3n) is 4.12. The number of hydrogen-bond donors (Lipinski definition) is 0. The van der Waals surface area contributed by atoms with Crippen LogP contribution >= 0.6 is 22.6 Å². The van der Waals surface area contributed by atoms with Crippen LogP contribution in [0.3, 0.4) is 0 Å². The van der Waals surface area contributed by atoms with Crippen molar-refractivity contribution in [2.24, 2.45) is 11.8 Å². The molecule has 0 aromatic rings. The van der Waals surface area contributed by atoms with Gasteiger partial charge in [0.2, 0.25) is 0 Å². The van der Waals surface area contributed by atoms with Crippen molar-refractivity contribution in [3.63, 3.8) is 0 Å². The van der Waals surface area contributed by atoms with E-state index in [0.29, 0.717) is 11.8 Å². The minimum atomic E-state index is -0.268. The van der Waals surface area contributed by atoms with Crippen molar-refractivity contribution in [3.05, 3.63) is 10.2 Å². The highest BCUT2D eigenvalue weighted by Crippen LogP contribution is 2.41. The Morgan fingerprint density at radius 1 is 1.35 bits per heavy atom. The molecule has 3 atom stereocenters. The van der Waals surface area contributed by atoms with Crippen LogP contribution in [0.2, 0.25) is 0 Å². The summed E-state index contributed by atoms with van der Waals surface area (Å²) in [5, 5.41) is 0. The summed E-state index contributed by atoms with van der Waals surface area (Å²) in [5.74, 6) is 0.604. The van der Waals surface area contributed by atoms with Gasteiger partial charge in [0.25, 0.3) is 0 Å². The van der Waals surface area contributed by atoms with Gasteiger partial charge in [0.1, 0.15) is 0 Å².